The number of nitrogens with one attached hydrogen (secondary N) is 1. The van der Waals surface area contributed by atoms with Gasteiger partial charge in [0, 0.05) is 10.4 Å². The molecule has 1 aliphatic carbocycles. The van der Waals surface area contributed by atoms with Gasteiger partial charge in [0.15, 0.2) is 0 Å². The Morgan fingerprint density at radius 3 is 2.69 bits per heavy atom. The van der Waals surface area contributed by atoms with Gasteiger partial charge in [-0.25, -0.2) is 0 Å². The van der Waals surface area contributed by atoms with Gasteiger partial charge in [0.25, 0.3) is 0 Å². The van der Waals surface area contributed by atoms with Crippen LogP contribution >= 0.6 is 15.9 Å². The fraction of sp³-hybridized carbons (Fsp3) is 0.308. The Balaban J connectivity index is 2.06. The molecule has 1 amide bonds. The van der Waals surface area contributed by atoms with Gasteiger partial charge in [-0.15, -0.1) is 0 Å². The van der Waals surface area contributed by atoms with Crippen molar-refractivity contribution in [3.63, 3.8) is 0 Å². The predicted octanol–water partition coefficient (Wildman–Crippen LogP) is 3.66. The van der Waals surface area contributed by atoms with Crippen molar-refractivity contribution in [2.45, 2.75) is 19.8 Å². The van der Waals surface area contributed by atoms with Gasteiger partial charge >= 0.3 is 0 Å². The van der Waals surface area contributed by atoms with E-state index < -0.39 is 0 Å². The Bertz CT molecular complexity index is 432. The number of anilines is 1. The first-order valence-corrected chi connectivity index (χ1v) is 6.18. The van der Waals surface area contributed by atoms with Gasteiger partial charge in [-0.1, -0.05) is 18.2 Å². The Hall–Kier alpha value is -1.09. The molecule has 2 nitrogen and oxygen atoms in total. The second-order valence-electron chi connectivity index (χ2n) is 4.11. The molecular weight excluding hydrogens is 266 g/mol. The Labute approximate surface area is 104 Å². The van der Waals surface area contributed by atoms with Crippen LogP contribution < -0.4 is 5.32 Å². The molecule has 3 heteroatoms. The van der Waals surface area contributed by atoms with E-state index >= 15 is 0 Å². The maximum Gasteiger partial charge on any atom is 0.228 e. The summed E-state index contributed by atoms with van der Waals surface area (Å²) in [6.07, 6.45) is 5.84. The van der Waals surface area contributed by atoms with E-state index in [9.17, 15) is 4.79 Å². The molecule has 84 valence electrons. The lowest BCUT2D eigenvalue weighted by atomic mass is 10.1. The van der Waals surface area contributed by atoms with Crippen molar-refractivity contribution < 1.29 is 4.79 Å². The molecule has 0 spiro atoms. The largest absolute Gasteiger partial charge is 0.325 e. The number of benzene rings is 1. The standard InChI is InChI=1S/C13H14BrNO/c1-9-6-7-12(11(14)8-9)15-13(16)10-4-2-3-5-10/h2-3,6-8,10H,4-5H2,1H3,(H,15,16). The fourth-order valence-electron chi connectivity index (χ4n) is 1.79. The molecule has 0 bridgehead atoms. The number of allylic oxidation sites excluding steroid dienone is 2. The smallest absolute Gasteiger partial charge is 0.228 e. The summed E-state index contributed by atoms with van der Waals surface area (Å²) in [5, 5.41) is 2.95. The van der Waals surface area contributed by atoms with E-state index in [1.165, 1.54) is 5.56 Å². The molecule has 0 atom stereocenters. The lowest BCUT2D eigenvalue weighted by Gasteiger charge is -2.12. The number of aryl methyl sites for hydroxylation is 1. The molecule has 0 fully saturated rings. The summed E-state index contributed by atoms with van der Waals surface area (Å²) < 4.78 is 0.937. The molecule has 16 heavy (non-hydrogen) atoms. The minimum Gasteiger partial charge on any atom is -0.325 e. The monoisotopic (exact) mass is 279 g/mol. The van der Waals surface area contributed by atoms with E-state index in [0.29, 0.717) is 0 Å². The SMILES string of the molecule is Cc1ccc(NC(=O)C2CC=CC2)c(Br)c1. The summed E-state index contributed by atoms with van der Waals surface area (Å²) >= 11 is 3.45. The van der Waals surface area contributed by atoms with Gasteiger partial charge in [-0.2, -0.15) is 0 Å². The third-order valence-corrected chi connectivity index (χ3v) is 3.42. The van der Waals surface area contributed by atoms with Crippen LogP contribution in [0.15, 0.2) is 34.8 Å². The highest BCUT2D eigenvalue weighted by Gasteiger charge is 2.19. The third kappa shape index (κ3) is 2.53. The average Bonchev–Trinajstić information content (AvgIpc) is 2.75. The van der Waals surface area contributed by atoms with Gasteiger partial charge in [-0.05, 0) is 53.4 Å². The average molecular weight is 280 g/mol. The van der Waals surface area contributed by atoms with Crippen LogP contribution in [-0.2, 0) is 4.79 Å². The van der Waals surface area contributed by atoms with Crippen molar-refractivity contribution in [1.29, 1.82) is 0 Å². The van der Waals surface area contributed by atoms with Crippen LogP contribution in [0.25, 0.3) is 0 Å². The quantitative estimate of drug-likeness (QED) is 0.823. The zero-order valence-electron chi connectivity index (χ0n) is 9.16. The molecule has 0 aromatic heterocycles. The van der Waals surface area contributed by atoms with E-state index in [1.54, 1.807) is 0 Å². The van der Waals surface area contributed by atoms with Gasteiger partial charge in [0.2, 0.25) is 5.91 Å². The molecule has 1 aliphatic rings. The fourth-order valence-corrected chi connectivity index (χ4v) is 2.38. The van der Waals surface area contributed by atoms with Crippen molar-refractivity contribution in [2.75, 3.05) is 5.32 Å². The first-order valence-electron chi connectivity index (χ1n) is 5.39. The molecule has 0 aliphatic heterocycles. The maximum absolute atomic E-state index is 11.9. The first kappa shape index (κ1) is 11.4. The number of hydrogen-bond acceptors (Lipinski definition) is 1. The number of hydrogen-bond donors (Lipinski definition) is 1. The second-order valence-corrected chi connectivity index (χ2v) is 4.97. The second kappa shape index (κ2) is 4.83. The summed E-state index contributed by atoms with van der Waals surface area (Å²) in [5.41, 5.74) is 2.02. The molecule has 0 radical (unpaired) electrons. The lowest BCUT2D eigenvalue weighted by molar-refractivity contribution is -0.119. The van der Waals surface area contributed by atoms with Crippen molar-refractivity contribution in [3.8, 4) is 0 Å². The highest BCUT2D eigenvalue weighted by atomic mass is 79.9. The number of carbonyl (C=O) groups is 1. The minimum atomic E-state index is 0.105. The topological polar surface area (TPSA) is 29.1 Å². The summed E-state index contributed by atoms with van der Waals surface area (Å²) in [7, 11) is 0. The van der Waals surface area contributed by atoms with Gasteiger partial charge < -0.3 is 5.32 Å². The molecule has 1 aromatic carbocycles. The summed E-state index contributed by atoms with van der Waals surface area (Å²) in [4.78, 5) is 11.9. The van der Waals surface area contributed by atoms with E-state index in [4.69, 9.17) is 0 Å². The van der Waals surface area contributed by atoms with E-state index in [0.717, 1.165) is 23.0 Å². The van der Waals surface area contributed by atoms with Crippen molar-refractivity contribution >= 4 is 27.5 Å². The van der Waals surface area contributed by atoms with E-state index in [2.05, 4.69) is 33.4 Å². The van der Waals surface area contributed by atoms with Crippen LogP contribution in [-0.4, -0.2) is 5.91 Å². The Morgan fingerprint density at radius 1 is 1.38 bits per heavy atom. The van der Waals surface area contributed by atoms with Crippen molar-refractivity contribution in [3.05, 3.63) is 40.4 Å². The third-order valence-electron chi connectivity index (χ3n) is 2.76. The molecular formula is C13H14BrNO. The Morgan fingerprint density at radius 2 is 2.06 bits per heavy atom. The number of amides is 1. The molecule has 0 unspecified atom stereocenters. The summed E-state index contributed by atoms with van der Waals surface area (Å²) in [6.45, 7) is 2.03. The van der Waals surface area contributed by atoms with Crippen LogP contribution in [0.4, 0.5) is 5.69 Å². The number of rotatable bonds is 2. The highest BCUT2D eigenvalue weighted by Crippen LogP contribution is 2.25. The molecule has 1 N–H and O–H groups in total. The minimum absolute atomic E-state index is 0.105. The van der Waals surface area contributed by atoms with Crippen LogP contribution in [0.2, 0.25) is 0 Å². The highest BCUT2D eigenvalue weighted by molar-refractivity contribution is 9.10. The zero-order chi connectivity index (χ0) is 11.5. The summed E-state index contributed by atoms with van der Waals surface area (Å²) in [6, 6.07) is 5.93. The van der Waals surface area contributed by atoms with Crippen LogP contribution in [0.5, 0.6) is 0 Å². The van der Waals surface area contributed by atoms with Gasteiger partial charge in [0.1, 0.15) is 0 Å². The normalized spacial score (nSPS) is 15.4. The number of halogens is 1. The van der Waals surface area contributed by atoms with Crippen LogP contribution in [0, 0.1) is 12.8 Å². The van der Waals surface area contributed by atoms with Gasteiger partial charge in [0.05, 0.1) is 5.69 Å². The molecule has 0 heterocycles. The lowest BCUT2D eigenvalue weighted by Crippen LogP contribution is -2.20. The molecule has 1 aromatic rings. The van der Waals surface area contributed by atoms with Gasteiger partial charge in [-0.3, -0.25) is 4.79 Å². The molecule has 0 saturated carbocycles. The first-order chi connectivity index (χ1) is 7.66. The van der Waals surface area contributed by atoms with Crippen molar-refractivity contribution in [2.24, 2.45) is 5.92 Å². The maximum atomic E-state index is 11.9. The van der Waals surface area contributed by atoms with Crippen LogP contribution in [0.3, 0.4) is 0 Å². The molecule has 2 rings (SSSR count). The molecule has 0 saturated heterocycles. The van der Waals surface area contributed by atoms with E-state index in [-0.39, 0.29) is 11.8 Å². The zero-order valence-corrected chi connectivity index (χ0v) is 10.8. The Kier molecular flexibility index (Phi) is 3.44. The van der Waals surface area contributed by atoms with E-state index in [1.807, 2.05) is 25.1 Å². The summed E-state index contributed by atoms with van der Waals surface area (Å²) in [5.74, 6) is 0.211. The number of carbonyl (C=O) groups excluding carboxylic acids is 1. The predicted molar refractivity (Wildman–Crippen MR) is 69.4 cm³/mol. The van der Waals surface area contributed by atoms with Crippen LogP contribution in [0.1, 0.15) is 18.4 Å². The van der Waals surface area contributed by atoms with Crippen molar-refractivity contribution in [1.82, 2.24) is 0 Å².